The van der Waals surface area contributed by atoms with Gasteiger partial charge in [0.05, 0.1) is 36.3 Å². The topological polar surface area (TPSA) is 132 Å². The van der Waals surface area contributed by atoms with Crippen LogP contribution in [0.3, 0.4) is 0 Å². The van der Waals surface area contributed by atoms with Crippen LogP contribution < -0.4 is 25.0 Å². The normalized spacial score (nSPS) is 17.0. The average Bonchev–Trinajstić information content (AvgIpc) is 3.47. The Hall–Kier alpha value is -4.61. The van der Waals surface area contributed by atoms with Crippen LogP contribution in [0.1, 0.15) is 63.0 Å². The van der Waals surface area contributed by atoms with Gasteiger partial charge in [0.15, 0.2) is 0 Å². The number of benzene rings is 1. The summed E-state index contributed by atoms with van der Waals surface area (Å²) in [6.07, 6.45) is 3.41. The van der Waals surface area contributed by atoms with Crippen molar-refractivity contribution >= 4 is 29.3 Å². The maximum absolute atomic E-state index is 13.6. The third kappa shape index (κ3) is 7.07. The largest absolute Gasteiger partial charge is 0.487 e. The van der Waals surface area contributed by atoms with Gasteiger partial charge in [-0.25, -0.2) is 9.48 Å². The van der Waals surface area contributed by atoms with Gasteiger partial charge in [0.1, 0.15) is 23.1 Å². The van der Waals surface area contributed by atoms with Gasteiger partial charge in [-0.2, -0.15) is 10.1 Å². The van der Waals surface area contributed by atoms with Gasteiger partial charge in [0.2, 0.25) is 11.8 Å². The number of alkyl carbamates (subject to hydrolysis) is 1. The molecule has 2 bridgehead atoms. The number of para-hydroxylation sites is 1. The second-order valence-electron chi connectivity index (χ2n) is 11.8. The number of nitrogens with zero attached hydrogens (tertiary/aromatic N) is 5. The molecule has 5 rings (SSSR count). The van der Waals surface area contributed by atoms with Crippen LogP contribution in [-0.2, 0) is 11.8 Å². The number of ether oxygens (including phenoxy) is 3. The van der Waals surface area contributed by atoms with E-state index >= 15 is 0 Å². The van der Waals surface area contributed by atoms with E-state index in [0.717, 1.165) is 36.2 Å². The van der Waals surface area contributed by atoms with Crippen molar-refractivity contribution in [3.8, 4) is 22.9 Å². The molecule has 2 N–H and O–H groups in total. The zero-order valence-electron chi connectivity index (χ0n) is 25.6. The molecule has 43 heavy (non-hydrogen) atoms. The number of guanidine groups is 1. The molecular weight excluding hydrogens is 550 g/mol. The van der Waals surface area contributed by atoms with Crippen molar-refractivity contribution in [3.63, 3.8) is 0 Å². The van der Waals surface area contributed by atoms with Crippen LogP contribution in [-0.4, -0.2) is 64.1 Å². The van der Waals surface area contributed by atoms with Gasteiger partial charge in [-0.1, -0.05) is 6.07 Å². The lowest BCUT2D eigenvalue weighted by Crippen LogP contribution is -2.38. The summed E-state index contributed by atoms with van der Waals surface area (Å²) in [6.45, 7) is 10.6. The first kappa shape index (κ1) is 29.9. The SMILES string of the molecule is Cc1cc2cc(n1)-c1cnn(C)c1OCCCCCN1/C(=N/C2=O)Nc2cccc(O[C@@H](C)CNC(=O)OC(C)(C)C)c21. The summed E-state index contributed by atoms with van der Waals surface area (Å²) in [5.41, 5.74) is 3.42. The number of hydrogen-bond donors (Lipinski definition) is 2. The van der Waals surface area contributed by atoms with Crippen molar-refractivity contribution in [3.05, 3.63) is 47.8 Å². The van der Waals surface area contributed by atoms with Crippen LogP contribution in [0.2, 0.25) is 0 Å². The number of hydrogen-bond acceptors (Lipinski definition) is 9. The number of nitrogens with one attached hydrogen (secondary N) is 2. The van der Waals surface area contributed by atoms with Gasteiger partial charge in [0.25, 0.3) is 5.91 Å². The second kappa shape index (κ2) is 12.3. The van der Waals surface area contributed by atoms with E-state index in [9.17, 15) is 9.59 Å². The molecule has 0 saturated heterocycles. The standard InChI is InChI=1S/C31H39N7O5/c1-19-15-21-16-24(34-19)22-18-33-37(6)28(22)41-14-9-7-8-13-38-26-23(35-29(38)36-27(21)39)11-10-12-25(26)42-20(2)17-32-30(40)43-31(3,4)5/h10-12,15-16,18,20H,7-9,13-14,17H2,1-6H3,(H,32,40)(H,35,36,39)/t20-/m0/s1. The lowest BCUT2D eigenvalue weighted by atomic mass is 10.1. The maximum atomic E-state index is 13.6. The Kier molecular flexibility index (Phi) is 8.56. The van der Waals surface area contributed by atoms with Crippen LogP contribution in [0, 0.1) is 6.92 Å². The minimum Gasteiger partial charge on any atom is -0.487 e. The summed E-state index contributed by atoms with van der Waals surface area (Å²) in [5.74, 6) is 1.27. The fourth-order valence-corrected chi connectivity index (χ4v) is 4.98. The molecular formula is C31H39N7O5. The van der Waals surface area contributed by atoms with E-state index in [0.29, 0.717) is 47.7 Å². The number of carbonyl (C=O) groups excluding carboxylic acids is 2. The Morgan fingerprint density at radius 1 is 1.21 bits per heavy atom. The molecule has 3 aromatic rings. The summed E-state index contributed by atoms with van der Waals surface area (Å²) in [7, 11) is 1.83. The number of rotatable bonds is 4. The molecule has 4 heterocycles. The molecule has 0 saturated carbocycles. The smallest absolute Gasteiger partial charge is 0.407 e. The molecule has 12 nitrogen and oxygen atoms in total. The highest BCUT2D eigenvalue weighted by molar-refractivity contribution is 6.20. The van der Waals surface area contributed by atoms with Crippen LogP contribution >= 0.6 is 0 Å². The molecule has 0 radical (unpaired) electrons. The Labute approximate surface area is 251 Å². The molecule has 1 atom stereocenters. The Bertz CT molecular complexity index is 1540. The summed E-state index contributed by atoms with van der Waals surface area (Å²) in [6, 6.07) is 9.14. The highest BCUT2D eigenvalue weighted by atomic mass is 16.6. The first-order valence-corrected chi connectivity index (χ1v) is 14.6. The van der Waals surface area contributed by atoms with E-state index in [1.54, 1.807) is 23.0 Å². The number of aliphatic imine (C=N–C) groups is 1. The maximum Gasteiger partial charge on any atom is 0.407 e. The first-order chi connectivity index (χ1) is 20.5. The fourth-order valence-electron chi connectivity index (χ4n) is 4.98. The molecule has 0 unspecified atom stereocenters. The number of aromatic nitrogens is 3. The minimum absolute atomic E-state index is 0.257. The van der Waals surface area contributed by atoms with E-state index in [1.165, 1.54) is 0 Å². The molecule has 2 amide bonds. The minimum atomic E-state index is -0.588. The van der Waals surface area contributed by atoms with Crippen molar-refractivity contribution in [2.24, 2.45) is 12.0 Å². The van der Waals surface area contributed by atoms with E-state index < -0.39 is 17.6 Å². The van der Waals surface area contributed by atoms with Crippen LogP contribution in [0.15, 0.2) is 41.5 Å². The number of amides is 2. The number of carbonyl (C=O) groups is 2. The number of pyridine rings is 1. The Morgan fingerprint density at radius 3 is 2.81 bits per heavy atom. The Balaban J connectivity index is 1.42. The van der Waals surface area contributed by atoms with E-state index in [-0.39, 0.29) is 12.6 Å². The Morgan fingerprint density at radius 2 is 2.02 bits per heavy atom. The summed E-state index contributed by atoms with van der Waals surface area (Å²) in [5, 5.41) is 10.4. The highest BCUT2D eigenvalue weighted by Crippen LogP contribution is 2.41. The monoisotopic (exact) mass is 589 g/mol. The number of fused-ring (bicyclic) bond motifs is 7. The average molecular weight is 590 g/mol. The fraction of sp³-hybridized carbons (Fsp3) is 0.452. The molecule has 2 aliphatic rings. The zero-order valence-corrected chi connectivity index (χ0v) is 25.6. The molecule has 1 aromatic carbocycles. The predicted octanol–water partition coefficient (Wildman–Crippen LogP) is 5.07. The van der Waals surface area contributed by atoms with Crippen LogP contribution in [0.5, 0.6) is 11.6 Å². The lowest BCUT2D eigenvalue weighted by molar-refractivity contribution is 0.0505. The van der Waals surface area contributed by atoms with Gasteiger partial charge < -0.3 is 29.7 Å². The quantitative estimate of drug-likeness (QED) is 0.428. The van der Waals surface area contributed by atoms with Crippen molar-refractivity contribution in [1.82, 2.24) is 20.1 Å². The lowest BCUT2D eigenvalue weighted by Gasteiger charge is -2.24. The van der Waals surface area contributed by atoms with Crippen molar-refractivity contribution in [2.75, 3.05) is 29.9 Å². The van der Waals surface area contributed by atoms with Crippen LogP contribution in [0.4, 0.5) is 16.2 Å². The molecule has 0 aliphatic carbocycles. The van der Waals surface area contributed by atoms with Gasteiger partial charge in [0, 0.05) is 24.8 Å². The molecule has 12 heteroatoms. The summed E-state index contributed by atoms with van der Waals surface area (Å²) in [4.78, 5) is 36.9. The molecule has 0 spiro atoms. The van der Waals surface area contributed by atoms with Crippen molar-refractivity contribution < 1.29 is 23.8 Å². The van der Waals surface area contributed by atoms with Gasteiger partial charge in [-0.05, 0) is 78.1 Å². The molecule has 0 fully saturated rings. The van der Waals surface area contributed by atoms with Gasteiger partial charge in [-0.15, -0.1) is 0 Å². The first-order valence-electron chi connectivity index (χ1n) is 14.6. The second-order valence-corrected chi connectivity index (χ2v) is 11.8. The van der Waals surface area contributed by atoms with E-state index in [1.807, 2.05) is 64.8 Å². The summed E-state index contributed by atoms with van der Waals surface area (Å²) >= 11 is 0. The van der Waals surface area contributed by atoms with E-state index in [4.69, 9.17) is 14.2 Å². The van der Waals surface area contributed by atoms with Crippen molar-refractivity contribution in [1.29, 1.82) is 0 Å². The van der Waals surface area contributed by atoms with Crippen LogP contribution in [0.25, 0.3) is 11.3 Å². The van der Waals surface area contributed by atoms with Crippen molar-refractivity contribution in [2.45, 2.75) is 65.6 Å². The summed E-state index contributed by atoms with van der Waals surface area (Å²) < 4.78 is 19.5. The van der Waals surface area contributed by atoms with Gasteiger partial charge in [-0.3, -0.25) is 9.78 Å². The number of anilines is 2. The zero-order chi connectivity index (χ0) is 30.7. The predicted molar refractivity (Wildman–Crippen MR) is 164 cm³/mol. The molecule has 2 aliphatic heterocycles. The third-order valence-electron chi connectivity index (χ3n) is 6.86. The highest BCUT2D eigenvalue weighted by Gasteiger charge is 2.30. The van der Waals surface area contributed by atoms with Gasteiger partial charge >= 0.3 is 6.09 Å². The van der Waals surface area contributed by atoms with E-state index in [2.05, 4.69) is 25.7 Å². The molecule has 228 valence electrons. The third-order valence-corrected chi connectivity index (χ3v) is 6.86. The molecule has 2 aromatic heterocycles. The number of aryl methyl sites for hydroxylation is 2.